The highest BCUT2D eigenvalue weighted by molar-refractivity contribution is 6.30. The van der Waals surface area contributed by atoms with E-state index in [9.17, 15) is 13.6 Å². The Kier molecular flexibility index (Phi) is 6.86. The maximum absolute atomic E-state index is 12.7. The molecule has 2 aromatic carbocycles. The number of urea groups is 1. The summed E-state index contributed by atoms with van der Waals surface area (Å²) < 4.78 is 29.3. The van der Waals surface area contributed by atoms with Gasteiger partial charge in [-0.25, -0.2) is 14.8 Å². The van der Waals surface area contributed by atoms with Gasteiger partial charge in [-0.15, -0.1) is 0 Å². The molecule has 0 unspecified atom stereocenters. The molecule has 4 aromatic rings. The third kappa shape index (κ3) is 5.33. The molecule has 8 nitrogen and oxygen atoms in total. The topological polar surface area (TPSA) is 86.4 Å². The predicted octanol–water partition coefficient (Wildman–Crippen LogP) is 4.91. The van der Waals surface area contributed by atoms with Gasteiger partial charge in [0.05, 0.1) is 5.39 Å². The third-order valence-electron chi connectivity index (χ3n) is 5.99. The molecular formula is C25H23ClF2N6O2. The zero-order valence-electron chi connectivity index (χ0n) is 19.1. The lowest BCUT2D eigenvalue weighted by Gasteiger charge is -2.35. The van der Waals surface area contributed by atoms with Gasteiger partial charge in [-0.3, -0.25) is 0 Å². The van der Waals surface area contributed by atoms with Crippen LogP contribution in [0.25, 0.3) is 22.3 Å². The Morgan fingerprint density at radius 2 is 1.86 bits per heavy atom. The largest absolute Gasteiger partial charge is 0.435 e. The number of hydrogen-bond donors (Lipinski definition) is 2. The van der Waals surface area contributed by atoms with Crippen molar-refractivity contribution in [1.29, 1.82) is 0 Å². The zero-order chi connectivity index (χ0) is 25.1. The minimum absolute atomic E-state index is 0.0607. The second-order valence-electron chi connectivity index (χ2n) is 8.31. The molecular weight excluding hydrogens is 490 g/mol. The maximum atomic E-state index is 12.7. The van der Waals surface area contributed by atoms with Crippen molar-refractivity contribution in [3.8, 4) is 17.0 Å². The molecule has 1 saturated heterocycles. The first-order valence-electron chi connectivity index (χ1n) is 11.4. The second-order valence-corrected chi connectivity index (χ2v) is 8.74. The van der Waals surface area contributed by atoms with Crippen LogP contribution in [-0.2, 0) is 6.54 Å². The summed E-state index contributed by atoms with van der Waals surface area (Å²) in [5.74, 6) is 0.873. The molecule has 1 fully saturated rings. The van der Waals surface area contributed by atoms with Crippen molar-refractivity contribution in [2.45, 2.75) is 13.2 Å². The molecule has 0 atom stereocenters. The molecule has 2 amide bonds. The summed E-state index contributed by atoms with van der Waals surface area (Å²) in [6, 6.07) is 15.7. The Bertz CT molecular complexity index is 1360. The average molecular weight is 513 g/mol. The number of piperazine rings is 1. The van der Waals surface area contributed by atoms with E-state index in [1.165, 1.54) is 18.5 Å². The lowest BCUT2D eigenvalue weighted by atomic mass is 10.1. The summed E-state index contributed by atoms with van der Waals surface area (Å²) in [7, 11) is 0. The number of carbonyl (C=O) groups excluding carboxylic acids is 1. The van der Waals surface area contributed by atoms with Gasteiger partial charge in [0.25, 0.3) is 0 Å². The molecule has 1 aliphatic rings. The number of nitrogens with zero attached hydrogens (tertiary/aromatic N) is 4. The van der Waals surface area contributed by atoms with Gasteiger partial charge in [0.2, 0.25) is 0 Å². The number of aromatic amines is 1. The number of fused-ring (bicyclic) bond motifs is 1. The minimum Gasteiger partial charge on any atom is -0.435 e. The van der Waals surface area contributed by atoms with E-state index in [0.717, 1.165) is 28.1 Å². The number of carbonyl (C=O) groups is 1. The number of halogens is 3. The van der Waals surface area contributed by atoms with Crippen LogP contribution in [0.1, 0.15) is 5.56 Å². The van der Waals surface area contributed by atoms with Crippen LogP contribution < -0.4 is 15.0 Å². The minimum atomic E-state index is -2.89. The first kappa shape index (κ1) is 23.8. The smallest absolute Gasteiger partial charge is 0.387 e. The fourth-order valence-electron chi connectivity index (χ4n) is 4.21. The van der Waals surface area contributed by atoms with Gasteiger partial charge in [-0.05, 0) is 41.5 Å². The molecule has 11 heteroatoms. The summed E-state index contributed by atoms with van der Waals surface area (Å²) in [4.78, 5) is 28.8. The number of nitrogens with one attached hydrogen (secondary N) is 2. The number of benzene rings is 2. The van der Waals surface area contributed by atoms with Crippen molar-refractivity contribution in [3.05, 3.63) is 71.5 Å². The predicted molar refractivity (Wildman–Crippen MR) is 133 cm³/mol. The van der Waals surface area contributed by atoms with Gasteiger partial charge in [0.1, 0.15) is 23.5 Å². The van der Waals surface area contributed by atoms with Gasteiger partial charge in [0, 0.05) is 43.4 Å². The first-order valence-corrected chi connectivity index (χ1v) is 11.8. The summed E-state index contributed by atoms with van der Waals surface area (Å²) in [5, 5.41) is 4.43. The molecule has 0 saturated carbocycles. The number of ether oxygens (including phenoxy) is 1. The van der Waals surface area contributed by atoms with Crippen molar-refractivity contribution >= 4 is 34.5 Å². The van der Waals surface area contributed by atoms with Crippen LogP contribution in [0.3, 0.4) is 0 Å². The summed E-state index contributed by atoms with van der Waals surface area (Å²) in [6.45, 7) is -0.432. The second kappa shape index (κ2) is 10.4. The van der Waals surface area contributed by atoms with E-state index in [1.807, 2.05) is 30.3 Å². The van der Waals surface area contributed by atoms with E-state index in [0.29, 0.717) is 36.8 Å². The van der Waals surface area contributed by atoms with E-state index in [-0.39, 0.29) is 18.3 Å². The van der Waals surface area contributed by atoms with Gasteiger partial charge < -0.3 is 24.8 Å². The van der Waals surface area contributed by atoms with Crippen LogP contribution in [0.4, 0.5) is 19.4 Å². The Morgan fingerprint density at radius 3 is 2.61 bits per heavy atom. The quantitative estimate of drug-likeness (QED) is 0.383. The number of anilines is 1. The normalized spacial score (nSPS) is 13.9. The molecule has 0 radical (unpaired) electrons. The first-order chi connectivity index (χ1) is 17.5. The fraction of sp³-hybridized carbons (Fsp3) is 0.240. The van der Waals surface area contributed by atoms with Gasteiger partial charge in [-0.1, -0.05) is 35.9 Å². The molecule has 0 bridgehead atoms. The molecule has 0 aliphatic carbocycles. The summed E-state index contributed by atoms with van der Waals surface area (Å²) in [5.41, 5.74) is 3.33. The van der Waals surface area contributed by atoms with E-state index < -0.39 is 6.61 Å². The van der Waals surface area contributed by atoms with Crippen molar-refractivity contribution in [1.82, 2.24) is 25.2 Å². The SMILES string of the molecule is O=C(NCc1cccc(OC(F)F)c1)N1CCN(c2ncnc3[nH]c(-c4ccc(Cl)cc4)cc23)CC1. The number of rotatable bonds is 6. The molecule has 186 valence electrons. The summed E-state index contributed by atoms with van der Waals surface area (Å²) >= 11 is 6.01. The Hall–Kier alpha value is -3.92. The van der Waals surface area contributed by atoms with Crippen molar-refractivity contribution in [2.75, 3.05) is 31.1 Å². The lowest BCUT2D eigenvalue weighted by Crippen LogP contribution is -2.52. The molecule has 5 rings (SSSR count). The third-order valence-corrected chi connectivity index (χ3v) is 6.25. The van der Waals surface area contributed by atoms with Crippen LogP contribution in [0.2, 0.25) is 5.02 Å². The van der Waals surface area contributed by atoms with Crippen molar-refractivity contribution < 1.29 is 18.3 Å². The van der Waals surface area contributed by atoms with E-state index in [4.69, 9.17) is 11.6 Å². The highest BCUT2D eigenvalue weighted by Crippen LogP contribution is 2.29. The number of alkyl halides is 2. The monoisotopic (exact) mass is 512 g/mol. The zero-order valence-corrected chi connectivity index (χ0v) is 19.9. The van der Waals surface area contributed by atoms with Crippen LogP contribution in [0.15, 0.2) is 60.9 Å². The van der Waals surface area contributed by atoms with Gasteiger partial charge in [0.15, 0.2) is 0 Å². The van der Waals surface area contributed by atoms with Gasteiger partial charge in [-0.2, -0.15) is 8.78 Å². The molecule has 2 N–H and O–H groups in total. The maximum Gasteiger partial charge on any atom is 0.387 e. The fourth-order valence-corrected chi connectivity index (χ4v) is 4.33. The number of aromatic nitrogens is 3. The Labute approximate surface area is 210 Å². The van der Waals surface area contributed by atoms with Crippen LogP contribution in [-0.4, -0.2) is 58.7 Å². The molecule has 3 heterocycles. The van der Waals surface area contributed by atoms with Gasteiger partial charge >= 0.3 is 12.6 Å². The van der Waals surface area contributed by atoms with E-state index in [2.05, 4.69) is 29.9 Å². The van der Waals surface area contributed by atoms with Crippen LogP contribution >= 0.6 is 11.6 Å². The summed E-state index contributed by atoms with van der Waals surface area (Å²) in [6.07, 6.45) is 1.53. The molecule has 1 aliphatic heterocycles. The average Bonchev–Trinajstić information content (AvgIpc) is 3.32. The molecule has 36 heavy (non-hydrogen) atoms. The lowest BCUT2D eigenvalue weighted by molar-refractivity contribution is -0.0498. The number of hydrogen-bond acceptors (Lipinski definition) is 5. The van der Waals surface area contributed by atoms with Crippen molar-refractivity contribution in [3.63, 3.8) is 0 Å². The number of H-pyrrole nitrogens is 1. The number of amides is 2. The van der Waals surface area contributed by atoms with Crippen LogP contribution in [0.5, 0.6) is 5.75 Å². The Morgan fingerprint density at radius 1 is 1.08 bits per heavy atom. The van der Waals surface area contributed by atoms with E-state index >= 15 is 0 Å². The molecule has 2 aromatic heterocycles. The van der Waals surface area contributed by atoms with Crippen molar-refractivity contribution in [2.24, 2.45) is 0 Å². The Balaban J connectivity index is 1.21. The highest BCUT2D eigenvalue weighted by atomic mass is 35.5. The molecule has 0 spiro atoms. The standard InChI is InChI=1S/C25H23ClF2N6O2/c26-18-6-4-17(5-7-18)21-13-20-22(32-21)30-15-31-23(20)33-8-10-34(11-9-33)25(35)29-14-16-2-1-3-19(12-16)36-24(27)28/h1-7,12-13,15,24H,8-11,14H2,(H,29,35)(H,30,31,32). The highest BCUT2D eigenvalue weighted by Gasteiger charge is 2.24. The van der Waals surface area contributed by atoms with Crippen LogP contribution in [0, 0.1) is 0 Å². The van der Waals surface area contributed by atoms with E-state index in [1.54, 1.807) is 17.0 Å².